The van der Waals surface area contributed by atoms with Gasteiger partial charge >= 0.3 is 0 Å². The van der Waals surface area contributed by atoms with E-state index in [-0.39, 0.29) is 28.9 Å². The van der Waals surface area contributed by atoms with Gasteiger partial charge in [-0.15, -0.1) is 11.8 Å². The number of benzene rings is 1. The SMILES string of the molecule is CC[C@@H]1S[C@H](CC)C(=O)N(CC(=O)Nc2ccccc2OC)C1=O. The standard InChI is InChI=1S/C17H22N2O4S/c1-4-13-16(21)19(17(22)14(5-2)24-13)10-15(20)18-11-8-6-7-9-12(11)23-3/h6-9,13-14H,4-5,10H2,1-3H3,(H,18,20)/t13-,14+. The van der Waals surface area contributed by atoms with Crippen molar-refractivity contribution in [2.45, 2.75) is 37.2 Å². The molecule has 130 valence electrons. The van der Waals surface area contributed by atoms with Crippen LogP contribution in [0.4, 0.5) is 5.69 Å². The first-order chi connectivity index (χ1) is 11.5. The summed E-state index contributed by atoms with van der Waals surface area (Å²) in [6.45, 7) is 3.54. The van der Waals surface area contributed by atoms with E-state index in [0.717, 1.165) is 4.90 Å². The maximum Gasteiger partial charge on any atom is 0.244 e. The van der Waals surface area contributed by atoms with Crippen LogP contribution in [0.25, 0.3) is 0 Å². The van der Waals surface area contributed by atoms with Crippen LogP contribution in [0.15, 0.2) is 24.3 Å². The van der Waals surface area contributed by atoms with E-state index >= 15 is 0 Å². The summed E-state index contributed by atoms with van der Waals surface area (Å²) in [6.07, 6.45) is 1.27. The van der Waals surface area contributed by atoms with Crippen molar-refractivity contribution < 1.29 is 19.1 Å². The molecule has 0 bridgehead atoms. The number of thioether (sulfide) groups is 1. The molecule has 24 heavy (non-hydrogen) atoms. The highest BCUT2D eigenvalue weighted by molar-refractivity contribution is 8.02. The van der Waals surface area contributed by atoms with Crippen LogP contribution in [0.3, 0.4) is 0 Å². The number of methoxy groups -OCH3 is 1. The van der Waals surface area contributed by atoms with Crippen molar-refractivity contribution in [1.29, 1.82) is 0 Å². The van der Waals surface area contributed by atoms with Crippen LogP contribution in [-0.4, -0.2) is 46.8 Å². The number of rotatable bonds is 6. The Morgan fingerprint density at radius 3 is 2.29 bits per heavy atom. The van der Waals surface area contributed by atoms with E-state index < -0.39 is 5.91 Å². The Bertz CT molecular complexity index is 613. The summed E-state index contributed by atoms with van der Waals surface area (Å²) in [5, 5.41) is 2.16. The molecule has 0 unspecified atom stereocenters. The van der Waals surface area contributed by atoms with E-state index in [0.29, 0.717) is 24.3 Å². The van der Waals surface area contributed by atoms with Gasteiger partial charge in [0, 0.05) is 0 Å². The Labute approximate surface area is 145 Å². The molecule has 7 heteroatoms. The number of anilines is 1. The molecule has 6 nitrogen and oxygen atoms in total. The summed E-state index contributed by atoms with van der Waals surface area (Å²) in [7, 11) is 1.51. The molecule has 0 aromatic heterocycles. The van der Waals surface area contributed by atoms with Crippen LogP contribution in [0.2, 0.25) is 0 Å². The van der Waals surface area contributed by atoms with Crippen LogP contribution in [0.1, 0.15) is 26.7 Å². The Balaban J connectivity index is 2.11. The summed E-state index contributed by atoms with van der Waals surface area (Å²) in [5.74, 6) is -0.465. The van der Waals surface area contributed by atoms with Crippen molar-refractivity contribution in [3.05, 3.63) is 24.3 Å². The van der Waals surface area contributed by atoms with Gasteiger partial charge in [-0.05, 0) is 25.0 Å². The lowest BCUT2D eigenvalue weighted by molar-refractivity contribution is -0.147. The summed E-state index contributed by atoms with van der Waals surface area (Å²) in [6, 6.07) is 6.99. The number of carbonyl (C=O) groups excluding carboxylic acids is 3. The lowest BCUT2D eigenvalue weighted by Crippen LogP contribution is -2.53. The van der Waals surface area contributed by atoms with E-state index in [2.05, 4.69) is 5.32 Å². The topological polar surface area (TPSA) is 75.7 Å². The minimum Gasteiger partial charge on any atom is -0.495 e. The van der Waals surface area contributed by atoms with Crippen LogP contribution >= 0.6 is 11.8 Å². The zero-order chi connectivity index (χ0) is 17.7. The number of nitrogens with zero attached hydrogens (tertiary/aromatic N) is 1. The summed E-state index contributed by atoms with van der Waals surface area (Å²) in [5.41, 5.74) is 0.510. The van der Waals surface area contributed by atoms with E-state index in [1.165, 1.54) is 18.9 Å². The van der Waals surface area contributed by atoms with Crippen molar-refractivity contribution >= 4 is 35.2 Å². The zero-order valence-electron chi connectivity index (χ0n) is 14.1. The average Bonchev–Trinajstić information content (AvgIpc) is 2.59. The fraction of sp³-hybridized carbons (Fsp3) is 0.471. The minimum atomic E-state index is -0.419. The molecule has 0 radical (unpaired) electrons. The molecular formula is C17H22N2O4S. The molecule has 1 aromatic rings. The van der Waals surface area contributed by atoms with Crippen LogP contribution in [-0.2, 0) is 14.4 Å². The highest BCUT2D eigenvalue weighted by Gasteiger charge is 2.40. The van der Waals surface area contributed by atoms with Crippen molar-refractivity contribution in [2.75, 3.05) is 19.0 Å². The van der Waals surface area contributed by atoms with Crippen LogP contribution in [0.5, 0.6) is 5.75 Å². The second-order valence-electron chi connectivity index (χ2n) is 5.44. The molecule has 1 aliphatic rings. The Morgan fingerprint density at radius 2 is 1.75 bits per heavy atom. The van der Waals surface area contributed by atoms with Crippen molar-refractivity contribution in [1.82, 2.24) is 4.90 Å². The third-order valence-corrected chi connectivity index (χ3v) is 5.56. The molecule has 1 aromatic carbocycles. The number of hydrogen-bond acceptors (Lipinski definition) is 5. The second kappa shape index (κ2) is 8.19. The molecule has 3 amide bonds. The van der Waals surface area contributed by atoms with Crippen molar-refractivity contribution in [3.8, 4) is 5.75 Å². The van der Waals surface area contributed by atoms with E-state index in [1.807, 2.05) is 13.8 Å². The van der Waals surface area contributed by atoms with Crippen LogP contribution in [0, 0.1) is 0 Å². The minimum absolute atomic E-state index is 0.272. The van der Waals surface area contributed by atoms with Crippen LogP contribution < -0.4 is 10.1 Å². The molecule has 0 aliphatic carbocycles. The first-order valence-electron chi connectivity index (χ1n) is 7.95. The largest absolute Gasteiger partial charge is 0.495 e. The predicted molar refractivity (Wildman–Crippen MR) is 94.1 cm³/mol. The van der Waals surface area contributed by atoms with Gasteiger partial charge in [0.2, 0.25) is 17.7 Å². The number of hydrogen-bond donors (Lipinski definition) is 1. The van der Waals surface area contributed by atoms with Gasteiger partial charge < -0.3 is 10.1 Å². The van der Waals surface area contributed by atoms with Gasteiger partial charge in [0.1, 0.15) is 12.3 Å². The number of carbonyl (C=O) groups is 3. The number of amides is 3. The summed E-state index contributed by atoms with van der Waals surface area (Å²) in [4.78, 5) is 38.2. The molecule has 2 atom stereocenters. The van der Waals surface area contributed by atoms with Gasteiger partial charge in [-0.2, -0.15) is 0 Å². The third-order valence-electron chi connectivity index (χ3n) is 3.84. The predicted octanol–water partition coefficient (Wildman–Crippen LogP) is 2.29. The van der Waals surface area contributed by atoms with Gasteiger partial charge in [-0.3, -0.25) is 19.3 Å². The number of para-hydroxylation sites is 2. The van der Waals surface area contributed by atoms with E-state index in [9.17, 15) is 14.4 Å². The third kappa shape index (κ3) is 3.90. The Morgan fingerprint density at radius 1 is 1.17 bits per heavy atom. The first kappa shape index (κ1) is 18.3. The molecule has 1 saturated heterocycles. The quantitative estimate of drug-likeness (QED) is 0.797. The lowest BCUT2D eigenvalue weighted by Gasteiger charge is -2.34. The van der Waals surface area contributed by atoms with Gasteiger partial charge in [-0.25, -0.2) is 0 Å². The summed E-state index contributed by atoms with van der Waals surface area (Å²) < 4.78 is 5.18. The first-order valence-corrected chi connectivity index (χ1v) is 8.89. The highest BCUT2D eigenvalue weighted by Crippen LogP contribution is 2.31. The van der Waals surface area contributed by atoms with Crippen molar-refractivity contribution in [3.63, 3.8) is 0 Å². The summed E-state index contributed by atoms with van der Waals surface area (Å²) >= 11 is 1.40. The number of ether oxygens (including phenoxy) is 1. The van der Waals surface area contributed by atoms with E-state index in [1.54, 1.807) is 24.3 Å². The van der Waals surface area contributed by atoms with Gasteiger partial charge in [0.15, 0.2) is 0 Å². The normalized spacial score (nSPS) is 20.9. The highest BCUT2D eigenvalue weighted by atomic mass is 32.2. The average molecular weight is 350 g/mol. The van der Waals surface area contributed by atoms with Gasteiger partial charge in [0.25, 0.3) is 0 Å². The molecule has 0 spiro atoms. The molecular weight excluding hydrogens is 328 g/mol. The molecule has 0 saturated carbocycles. The van der Waals surface area contributed by atoms with Gasteiger partial charge in [-0.1, -0.05) is 26.0 Å². The Hall–Kier alpha value is -2.02. The Kier molecular flexibility index (Phi) is 6.25. The lowest BCUT2D eigenvalue weighted by atomic mass is 10.2. The van der Waals surface area contributed by atoms with E-state index in [4.69, 9.17) is 4.74 Å². The van der Waals surface area contributed by atoms with Crippen molar-refractivity contribution in [2.24, 2.45) is 0 Å². The monoisotopic (exact) mass is 350 g/mol. The molecule has 1 aliphatic heterocycles. The maximum absolute atomic E-state index is 12.4. The fourth-order valence-electron chi connectivity index (χ4n) is 2.55. The molecule has 1 N–H and O–H groups in total. The smallest absolute Gasteiger partial charge is 0.244 e. The molecule has 1 fully saturated rings. The number of nitrogens with one attached hydrogen (secondary N) is 1. The fourth-order valence-corrected chi connectivity index (χ4v) is 3.82. The molecule has 1 heterocycles. The zero-order valence-corrected chi connectivity index (χ0v) is 14.9. The second-order valence-corrected chi connectivity index (χ2v) is 6.85. The molecule has 2 rings (SSSR count). The van der Waals surface area contributed by atoms with Gasteiger partial charge in [0.05, 0.1) is 23.3 Å². The number of imide groups is 1. The maximum atomic E-state index is 12.4.